The Kier molecular flexibility index (Phi) is 4.47. The van der Waals surface area contributed by atoms with E-state index in [1.807, 2.05) is 25.1 Å². The van der Waals surface area contributed by atoms with E-state index < -0.39 is 5.97 Å². The highest BCUT2D eigenvalue weighted by Crippen LogP contribution is 2.39. The van der Waals surface area contributed by atoms with Crippen molar-refractivity contribution in [3.63, 3.8) is 0 Å². The van der Waals surface area contributed by atoms with Gasteiger partial charge in [-0.25, -0.2) is 4.79 Å². The van der Waals surface area contributed by atoms with Gasteiger partial charge in [0, 0.05) is 6.07 Å². The van der Waals surface area contributed by atoms with Crippen LogP contribution in [-0.4, -0.2) is 18.5 Å². The van der Waals surface area contributed by atoms with Gasteiger partial charge in [0.15, 0.2) is 17.3 Å². The lowest BCUT2D eigenvalue weighted by Crippen LogP contribution is -2.08. The summed E-state index contributed by atoms with van der Waals surface area (Å²) in [6, 6.07) is 15.7. The molecule has 2 heterocycles. The van der Waals surface area contributed by atoms with Crippen molar-refractivity contribution in [3.8, 4) is 23.0 Å². The van der Waals surface area contributed by atoms with E-state index in [0.29, 0.717) is 39.7 Å². The zero-order valence-electron chi connectivity index (χ0n) is 16.9. The molecule has 5 rings (SSSR count). The molecule has 3 aromatic carbocycles. The van der Waals surface area contributed by atoms with E-state index in [1.165, 1.54) is 0 Å². The topological polar surface area (TPSA) is 71.1 Å². The number of Topliss-reactive ketones (excluding diaryl/α,β-unsaturated/α-hetero) is 1. The lowest BCUT2D eigenvalue weighted by molar-refractivity contribution is 0.0734. The number of allylic oxidation sites excluding steroid dienone is 1. The number of fused-ring (bicyclic) bond motifs is 2. The van der Waals surface area contributed by atoms with Gasteiger partial charge in [0.1, 0.15) is 11.5 Å². The van der Waals surface area contributed by atoms with Gasteiger partial charge in [0.25, 0.3) is 0 Å². The van der Waals surface area contributed by atoms with Crippen LogP contribution >= 0.6 is 0 Å². The van der Waals surface area contributed by atoms with E-state index in [4.69, 9.17) is 18.9 Å². The molecule has 0 unspecified atom stereocenters. The Morgan fingerprint density at radius 2 is 1.71 bits per heavy atom. The van der Waals surface area contributed by atoms with Crippen molar-refractivity contribution in [1.82, 2.24) is 0 Å². The summed E-state index contributed by atoms with van der Waals surface area (Å²) in [6.07, 6.45) is 1.65. The first-order valence-electron chi connectivity index (χ1n) is 9.75. The molecule has 0 fully saturated rings. The minimum atomic E-state index is -0.472. The van der Waals surface area contributed by atoms with Gasteiger partial charge >= 0.3 is 5.97 Å². The maximum atomic E-state index is 12.9. The molecule has 0 saturated carbocycles. The summed E-state index contributed by atoms with van der Waals surface area (Å²) in [4.78, 5) is 25.3. The fourth-order valence-corrected chi connectivity index (χ4v) is 3.55. The summed E-state index contributed by atoms with van der Waals surface area (Å²) in [6.45, 7) is 3.91. The molecule has 0 bridgehead atoms. The highest BCUT2D eigenvalue weighted by molar-refractivity contribution is 6.15. The Hall–Kier alpha value is -4.06. The quantitative estimate of drug-likeness (QED) is 0.346. The van der Waals surface area contributed by atoms with Crippen molar-refractivity contribution < 1.29 is 28.5 Å². The third-order valence-corrected chi connectivity index (χ3v) is 5.14. The Labute approximate surface area is 178 Å². The number of ketones is 1. The number of benzene rings is 3. The molecule has 0 saturated heterocycles. The van der Waals surface area contributed by atoms with Crippen LogP contribution in [0.4, 0.5) is 0 Å². The third kappa shape index (κ3) is 3.53. The Balaban J connectivity index is 1.40. The predicted octanol–water partition coefficient (Wildman–Crippen LogP) is 4.87. The van der Waals surface area contributed by atoms with Gasteiger partial charge in [-0.3, -0.25) is 4.79 Å². The molecule has 0 spiro atoms. The van der Waals surface area contributed by atoms with Gasteiger partial charge in [-0.1, -0.05) is 23.8 Å². The van der Waals surface area contributed by atoms with Gasteiger partial charge < -0.3 is 18.9 Å². The van der Waals surface area contributed by atoms with Crippen LogP contribution < -0.4 is 18.9 Å². The van der Waals surface area contributed by atoms with Crippen molar-refractivity contribution in [2.75, 3.05) is 6.79 Å². The molecule has 6 heteroatoms. The number of hydrogen-bond acceptors (Lipinski definition) is 6. The number of rotatable bonds is 3. The largest absolute Gasteiger partial charge is 0.454 e. The molecule has 3 aromatic rings. The molecule has 6 nitrogen and oxygen atoms in total. The van der Waals surface area contributed by atoms with Crippen molar-refractivity contribution in [3.05, 3.63) is 88.2 Å². The van der Waals surface area contributed by atoms with Crippen LogP contribution in [0.2, 0.25) is 0 Å². The van der Waals surface area contributed by atoms with Gasteiger partial charge in [-0.15, -0.1) is 0 Å². The fraction of sp³-hybridized carbons (Fsp3) is 0.120. The molecular formula is C25H18O6. The van der Waals surface area contributed by atoms with Gasteiger partial charge in [0.05, 0.1) is 11.1 Å². The zero-order chi connectivity index (χ0) is 21.5. The molecule has 2 aliphatic rings. The van der Waals surface area contributed by atoms with Crippen LogP contribution in [0.25, 0.3) is 6.08 Å². The van der Waals surface area contributed by atoms with Gasteiger partial charge in [-0.2, -0.15) is 0 Å². The molecule has 0 radical (unpaired) electrons. The lowest BCUT2D eigenvalue weighted by Gasteiger charge is -2.08. The number of ether oxygens (including phenoxy) is 4. The summed E-state index contributed by atoms with van der Waals surface area (Å²) < 4.78 is 22.0. The lowest BCUT2D eigenvalue weighted by atomic mass is 10.0. The highest BCUT2D eigenvalue weighted by Gasteiger charge is 2.30. The second-order valence-corrected chi connectivity index (χ2v) is 7.42. The van der Waals surface area contributed by atoms with Gasteiger partial charge in [0.2, 0.25) is 12.6 Å². The molecule has 154 valence electrons. The van der Waals surface area contributed by atoms with Crippen LogP contribution in [-0.2, 0) is 0 Å². The first-order chi connectivity index (χ1) is 15.0. The van der Waals surface area contributed by atoms with Crippen LogP contribution in [0, 0.1) is 13.8 Å². The maximum Gasteiger partial charge on any atom is 0.343 e. The van der Waals surface area contributed by atoms with E-state index in [-0.39, 0.29) is 18.3 Å². The third-order valence-electron chi connectivity index (χ3n) is 5.14. The minimum Gasteiger partial charge on any atom is -0.454 e. The van der Waals surface area contributed by atoms with Gasteiger partial charge in [-0.05, 0) is 61.4 Å². The number of carbonyl (C=O) groups is 2. The van der Waals surface area contributed by atoms with Crippen molar-refractivity contribution in [2.24, 2.45) is 0 Å². The minimum absolute atomic E-state index is 0.180. The van der Waals surface area contributed by atoms with Crippen molar-refractivity contribution >= 4 is 17.8 Å². The average molecular weight is 414 g/mol. The van der Waals surface area contributed by atoms with Crippen LogP contribution in [0.15, 0.2) is 60.4 Å². The summed E-state index contributed by atoms with van der Waals surface area (Å²) in [5.41, 5.74) is 3.39. The van der Waals surface area contributed by atoms with Crippen LogP contribution in [0.1, 0.15) is 37.4 Å². The normalized spacial score (nSPS) is 15.0. The number of esters is 1. The second-order valence-electron chi connectivity index (χ2n) is 7.42. The second kappa shape index (κ2) is 7.32. The summed E-state index contributed by atoms with van der Waals surface area (Å²) in [5.74, 6) is 1.47. The molecule has 0 amide bonds. The predicted molar refractivity (Wildman–Crippen MR) is 113 cm³/mol. The molecular weight excluding hydrogens is 396 g/mol. The number of aryl methyl sites for hydroxylation is 2. The first kappa shape index (κ1) is 18.9. The van der Waals surface area contributed by atoms with Crippen molar-refractivity contribution in [2.45, 2.75) is 13.8 Å². The molecule has 2 aliphatic heterocycles. The fourth-order valence-electron chi connectivity index (χ4n) is 3.55. The highest BCUT2D eigenvalue weighted by atomic mass is 16.7. The molecule has 0 aliphatic carbocycles. The smallest absolute Gasteiger partial charge is 0.343 e. The van der Waals surface area contributed by atoms with E-state index in [2.05, 4.69) is 0 Å². The maximum absolute atomic E-state index is 12.9. The Bertz CT molecular complexity index is 1250. The average Bonchev–Trinajstić information content (AvgIpc) is 3.33. The first-order valence-corrected chi connectivity index (χ1v) is 9.75. The van der Waals surface area contributed by atoms with Crippen molar-refractivity contribution in [1.29, 1.82) is 0 Å². The van der Waals surface area contributed by atoms with Crippen LogP contribution in [0.5, 0.6) is 23.0 Å². The molecule has 0 aromatic heterocycles. The monoisotopic (exact) mass is 414 g/mol. The zero-order valence-corrected chi connectivity index (χ0v) is 16.9. The number of hydrogen-bond donors (Lipinski definition) is 0. The SMILES string of the molecule is Cc1ccc(C(=O)Oc2cc(C)c3c(c2)O/C(=C\c2ccc4c(c2)OCO4)C3=O)cc1. The van der Waals surface area contributed by atoms with E-state index in [0.717, 1.165) is 11.1 Å². The molecule has 0 atom stereocenters. The molecule has 0 N–H and O–H groups in total. The standard InChI is InChI=1S/C25H18O6/c1-14-3-6-17(7-4-14)25(27)30-18-9-15(2)23-21(12-18)31-22(24(23)26)11-16-5-8-19-20(10-16)29-13-28-19/h3-12H,13H2,1-2H3/b22-11-. The summed E-state index contributed by atoms with van der Waals surface area (Å²) in [5, 5.41) is 0. The Morgan fingerprint density at radius 1 is 0.935 bits per heavy atom. The molecule has 31 heavy (non-hydrogen) atoms. The van der Waals surface area contributed by atoms with E-state index in [1.54, 1.807) is 49.4 Å². The Morgan fingerprint density at radius 3 is 2.52 bits per heavy atom. The summed E-state index contributed by atoms with van der Waals surface area (Å²) >= 11 is 0. The van der Waals surface area contributed by atoms with E-state index in [9.17, 15) is 9.59 Å². The summed E-state index contributed by atoms with van der Waals surface area (Å²) in [7, 11) is 0. The van der Waals surface area contributed by atoms with Crippen LogP contribution in [0.3, 0.4) is 0 Å². The number of carbonyl (C=O) groups excluding carboxylic acids is 2. The van der Waals surface area contributed by atoms with E-state index >= 15 is 0 Å².